The van der Waals surface area contributed by atoms with Crippen molar-refractivity contribution >= 4 is 11.6 Å². The van der Waals surface area contributed by atoms with Gasteiger partial charge in [0.15, 0.2) is 0 Å². The maximum Gasteiger partial charge on any atom is 0.267 e. The molecule has 0 saturated carbocycles. The number of aromatic nitrogens is 2. The van der Waals surface area contributed by atoms with Crippen molar-refractivity contribution in [3.8, 4) is 28.5 Å². The van der Waals surface area contributed by atoms with Crippen LogP contribution in [-0.2, 0) is 11.3 Å². The number of benzene rings is 2. The summed E-state index contributed by atoms with van der Waals surface area (Å²) >= 11 is 0. The van der Waals surface area contributed by atoms with Gasteiger partial charge < -0.3 is 24.0 Å². The third-order valence-corrected chi connectivity index (χ3v) is 5.90. The Kier molecular flexibility index (Phi) is 7.01. The van der Waals surface area contributed by atoms with Crippen molar-refractivity contribution in [2.75, 3.05) is 52.4 Å². The standard InChI is InChI=1S/C25H28N4O5/c1-32-19-6-4-18(5-7-19)27-12-14-28(15-13-27)25(31)17-29-24(30)11-9-22(26-29)21-16-20(33-2)8-10-23(21)34-3/h4-11,16H,12-15,17H2,1-3H3. The lowest BCUT2D eigenvalue weighted by Crippen LogP contribution is -2.50. The van der Waals surface area contributed by atoms with Crippen LogP contribution in [0, 0.1) is 0 Å². The van der Waals surface area contributed by atoms with E-state index in [0.717, 1.165) is 11.4 Å². The van der Waals surface area contributed by atoms with Crippen LogP contribution in [0.15, 0.2) is 59.4 Å². The van der Waals surface area contributed by atoms with Gasteiger partial charge in [0.1, 0.15) is 23.8 Å². The monoisotopic (exact) mass is 464 g/mol. The molecule has 0 radical (unpaired) electrons. The molecule has 4 rings (SSSR count). The lowest BCUT2D eigenvalue weighted by molar-refractivity contribution is -0.132. The van der Waals surface area contributed by atoms with Gasteiger partial charge in [-0.3, -0.25) is 9.59 Å². The average molecular weight is 465 g/mol. The number of anilines is 1. The summed E-state index contributed by atoms with van der Waals surface area (Å²) in [6, 6.07) is 16.3. The molecular formula is C25H28N4O5. The number of piperazine rings is 1. The first-order chi connectivity index (χ1) is 16.5. The van der Waals surface area contributed by atoms with Crippen LogP contribution in [0.4, 0.5) is 5.69 Å². The number of carbonyl (C=O) groups is 1. The first-order valence-electron chi connectivity index (χ1n) is 11.0. The Hall–Kier alpha value is -4.01. The Morgan fingerprint density at radius 1 is 0.853 bits per heavy atom. The third kappa shape index (κ3) is 4.98. The first kappa shape index (κ1) is 23.2. The van der Waals surface area contributed by atoms with Gasteiger partial charge in [0.05, 0.1) is 27.0 Å². The number of nitrogens with zero attached hydrogens (tertiary/aromatic N) is 4. The number of hydrogen-bond donors (Lipinski definition) is 0. The van der Waals surface area contributed by atoms with Crippen LogP contribution >= 0.6 is 0 Å². The van der Waals surface area contributed by atoms with Crippen molar-refractivity contribution in [1.82, 2.24) is 14.7 Å². The molecule has 178 valence electrons. The second-order valence-corrected chi connectivity index (χ2v) is 7.85. The molecule has 0 spiro atoms. The molecule has 2 heterocycles. The highest BCUT2D eigenvalue weighted by atomic mass is 16.5. The Labute approximate surface area is 198 Å². The molecule has 1 amide bonds. The van der Waals surface area contributed by atoms with Crippen molar-refractivity contribution in [2.45, 2.75) is 6.54 Å². The molecule has 1 aliphatic rings. The van der Waals surface area contributed by atoms with E-state index in [4.69, 9.17) is 14.2 Å². The highest BCUT2D eigenvalue weighted by Gasteiger charge is 2.22. The quantitative estimate of drug-likeness (QED) is 0.530. The van der Waals surface area contributed by atoms with Gasteiger partial charge in [-0.25, -0.2) is 4.68 Å². The maximum absolute atomic E-state index is 13.0. The van der Waals surface area contributed by atoms with Crippen molar-refractivity contribution < 1.29 is 19.0 Å². The number of rotatable bonds is 7. The molecule has 0 aliphatic carbocycles. The molecule has 9 heteroatoms. The first-order valence-corrected chi connectivity index (χ1v) is 11.0. The molecule has 1 fully saturated rings. The minimum absolute atomic E-state index is 0.124. The Bertz CT molecular complexity index is 1200. The zero-order valence-corrected chi connectivity index (χ0v) is 19.6. The van der Waals surface area contributed by atoms with E-state index >= 15 is 0 Å². The maximum atomic E-state index is 13.0. The SMILES string of the molecule is COc1ccc(N2CCN(C(=O)Cn3nc(-c4cc(OC)ccc4OC)ccc3=O)CC2)cc1. The van der Waals surface area contributed by atoms with Gasteiger partial charge in [-0.2, -0.15) is 5.10 Å². The number of methoxy groups -OCH3 is 3. The van der Waals surface area contributed by atoms with Gasteiger partial charge >= 0.3 is 0 Å². The van der Waals surface area contributed by atoms with E-state index in [2.05, 4.69) is 10.00 Å². The predicted molar refractivity (Wildman–Crippen MR) is 129 cm³/mol. The van der Waals surface area contributed by atoms with Crippen molar-refractivity contribution in [3.63, 3.8) is 0 Å². The van der Waals surface area contributed by atoms with E-state index in [9.17, 15) is 9.59 Å². The molecule has 9 nitrogen and oxygen atoms in total. The topological polar surface area (TPSA) is 86.1 Å². The summed E-state index contributed by atoms with van der Waals surface area (Å²) in [5.74, 6) is 1.91. The largest absolute Gasteiger partial charge is 0.497 e. The Morgan fingerprint density at radius 3 is 2.18 bits per heavy atom. The van der Waals surface area contributed by atoms with Gasteiger partial charge in [-0.05, 0) is 48.5 Å². The summed E-state index contributed by atoms with van der Waals surface area (Å²) in [6.45, 7) is 2.44. The van der Waals surface area contributed by atoms with Crippen LogP contribution < -0.4 is 24.7 Å². The van der Waals surface area contributed by atoms with Crippen molar-refractivity contribution in [2.24, 2.45) is 0 Å². The van der Waals surface area contributed by atoms with Crippen LogP contribution in [0.1, 0.15) is 0 Å². The molecule has 0 N–H and O–H groups in total. The highest BCUT2D eigenvalue weighted by molar-refractivity contribution is 5.76. The minimum Gasteiger partial charge on any atom is -0.497 e. The lowest BCUT2D eigenvalue weighted by Gasteiger charge is -2.36. The normalized spacial score (nSPS) is 13.5. The zero-order chi connectivity index (χ0) is 24.1. The smallest absolute Gasteiger partial charge is 0.267 e. The predicted octanol–water partition coefficient (Wildman–Crippen LogP) is 2.28. The summed E-state index contributed by atoms with van der Waals surface area (Å²) in [6.07, 6.45) is 0. The van der Waals surface area contributed by atoms with Gasteiger partial charge in [0, 0.05) is 43.5 Å². The summed E-state index contributed by atoms with van der Waals surface area (Å²) in [5.41, 5.74) is 1.95. The fourth-order valence-corrected chi connectivity index (χ4v) is 3.96. The molecule has 1 aromatic heterocycles. The molecule has 1 aliphatic heterocycles. The van der Waals surface area contributed by atoms with E-state index in [1.54, 1.807) is 50.5 Å². The summed E-state index contributed by atoms with van der Waals surface area (Å²) in [4.78, 5) is 29.4. The molecule has 0 atom stereocenters. The van der Waals surface area contributed by atoms with Crippen LogP contribution in [0.2, 0.25) is 0 Å². The molecule has 2 aromatic carbocycles. The molecule has 3 aromatic rings. The van der Waals surface area contributed by atoms with Gasteiger partial charge in [0.25, 0.3) is 5.56 Å². The molecule has 0 bridgehead atoms. The Morgan fingerprint density at radius 2 is 1.53 bits per heavy atom. The lowest BCUT2D eigenvalue weighted by atomic mass is 10.1. The number of carbonyl (C=O) groups excluding carboxylic acids is 1. The van der Waals surface area contributed by atoms with E-state index < -0.39 is 0 Å². The molecule has 34 heavy (non-hydrogen) atoms. The van der Waals surface area contributed by atoms with Gasteiger partial charge in [-0.1, -0.05) is 0 Å². The zero-order valence-electron chi connectivity index (χ0n) is 19.6. The fourth-order valence-electron chi connectivity index (χ4n) is 3.96. The van der Waals surface area contributed by atoms with Crippen molar-refractivity contribution in [1.29, 1.82) is 0 Å². The summed E-state index contributed by atoms with van der Waals surface area (Å²) in [7, 11) is 4.78. The fraction of sp³-hybridized carbons (Fsp3) is 0.320. The highest BCUT2D eigenvalue weighted by Crippen LogP contribution is 2.31. The second-order valence-electron chi connectivity index (χ2n) is 7.85. The summed E-state index contributed by atoms with van der Waals surface area (Å²) in [5, 5.41) is 4.44. The van der Waals surface area contributed by atoms with E-state index in [1.807, 2.05) is 24.3 Å². The average Bonchev–Trinajstić information content (AvgIpc) is 2.89. The van der Waals surface area contributed by atoms with Crippen LogP contribution in [0.3, 0.4) is 0 Å². The van der Waals surface area contributed by atoms with Crippen LogP contribution in [0.25, 0.3) is 11.3 Å². The number of amides is 1. The molecular weight excluding hydrogens is 436 g/mol. The molecule has 0 unspecified atom stereocenters. The minimum atomic E-state index is -0.337. The van der Waals surface area contributed by atoms with E-state index in [0.29, 0.717) is 48.9 Å². The van der Waals surface area contributed by atoms with Crippen LogP contribution in [0.5, 0.6) is 17.2 Å². The number of ether oxygens (including phenoxy) is 3. The van der Waals surface area contributed by atoms with Gasteiger partial charge in [-0.15, -0.1) is 0 Å². The van der Waals surface area contributed by atoms with E-state index in [1.165, 1.54) is 10.7 Å². The number of hydrogen-bond acceptors (Lipinski definition) is 7. The Balaban J connectivity index is 1.45. The molecule has 1 saturated heterocycles. The van der Waals surface area contributed by atoms with Crippen LogP contribution in [-0.4, -0.2) is 68.1 Å². The summed E-state index contributed by atoms with van der Waals surface area (Å²) < 4.78 is 17.2. The van der Waals surface area contributed by atoms with Gasteiger partial charge in [0.2, 0.25) is 5.91 Å². The second kappa shape index (κ2) is 10.3. The van der Waals surface area contributed by atoms with E-state index in [-0.39, 0.29) is 18.0 Å². The third-order valence-electron chi connectivity index (χ3n) is 5.90. The van der Waals surface area contributed by atoms with Crippen molar-refractivity contribution in [3.05, 3.63) is 65.0 Å².